The predicted octanol–water partition coefficient (Wildman–Crippen LogP) is 4.42. The van der Waals surface area contributed by atoms with Gasteiger partial charge >= 0.3 is 6.18 Å². The summed E-state index contributed by atoms with van der Waals surface area (Å²) in [6, 6.07) is 6.90. The van der Waals surface area contributed by atoms with Gasteiger partial charge in [0.1, 0.15) is 5.82 Å². The summed E-state index contributed by atoms with van der Waals surface area (Å²) in [6.07, 6.45) is -4.65. The van der Waals surface area contributed by atoms with E-state index in [1.807, 2.05) is 0 Å². The number of nitro groups is 1. The van der Waals surface area contributed by atoms with Crippen LogP contribution in [-0.2, 0) is 6.18 Å². The van der Waals surface area contributed by atoms with Crippen molar-refractivity contribution in [2.75, 3.05) is 0 Å². The molecule has 3 nitrogen and oxygen atoms in total. The van der Waals surface area contributed by atoms with Crippen LogP contribution in [0.3, 0.4) is 0 Å². The van der Waals surface area contributed by atoms with Crippen molar-refractivity contribution < 1.29 is 22.5 Å². The van der Waals surface area contributed by atoms with E-state index >= 15 is 0 Å². The summed E-state index contributed by atoms with van der Waals surface area (Å²) in [5.41, 5.74) is -2.34. The van der Waals surface area contributed by atoms with Gasteiger partial charge in [0.2, 0.25) is 0 Å². The van der Waals surface area contributed by atoms with Gasteiger partial charge in [-0.2, -0.15) is 13.2 Å². The van der Waals surface area contributed by atoms with Crippen LogP contribution in [0.2, 0.25) is 0 Å². The van der Waals surface area contributed by atoms with Gasteiger partial charge in [0.25, 0.3) is 5.69 Å². The molecule has 0 N–H and O–H groups in total. The minimum atomic E-state index is -4.65. The zero-order valence-corrected chi connectivity index (χ0v) is 9.82. The van der Waals surface area contributed by atoms with E-state index in [-0.39, 0.29) is 11.1 Å². The standard InChI is InChI=1S/C13H7F4NO2/c14-8-5-6-10(12(7-8)18(19)20)9-3-1-2-4-11(9)13(15,16)17/h1-7H. The first-order valence-corrected chi connectivity index (χ1v) is 5.41. The van der Waals surface area contributed by atoms with E-state index in [1.54, 1.807) is 0 Å². The van der Waals surface area contributed by atoms with Crippen LogP contribution < -0.4 is 0 Å². The highest BCUT2D eigenvalue weighted by Crippen LogP contribution is 2.40. The minimum Gasteiger partial charge on any atom is -0.258 e. The Labute approximate surface area is 110 Å². The van der Waals surface area contributed by atoms with E-state index < -0.39 is 28.2 Å². The number of nitrogens with zero attached hydrogens (tertiary/aromatic N) is 1. The van der Waals surface area contributed by atoms with Crippen molar-refractivity contribution in [2.24, 2.45) is 0 Å². The molecule has 0 spiro atoms. The highest BCUT2D eigenvalue weighted by atomic mass is 19.4. The van der Waals surface area contributed by atoms with Gasteiger partial charge in [0.05, 0.1) is 22.1 Å². The minimum absolute atomic E-state index is 0.274. The fourth-order valence-corrected chi connectivity index (χ4v) is 1.85. The Morgan fingerprint density at radius 3 is 2.25 bits per heavy atom. The summed E-state index contributed by atoms with van der Waals surface area (Å²) in [6.45, 7) is 0. The Balaban J connectivity index is 2.73. The Morgan fingerprint density at radius 2 is 1.65 bits per heavy atom. The third-order valence-electron chi connectivity index (χ3n) is 2.68. The van der Waals surface area contributed by atoms with Crippen LogP contribution >= 0.6 is 0 Å². The molecule has 0 fully saturated rings. The van der Waals surface area contributed by atoms with E-state index in [0.29, 0.717) is 6.07 Å². The summed E-state index contributed by atoms with van der Waals surface area (Å²) in [5, 5.41) is 10.9. The Kier molecular flexibility index (Phi) is 3.44. The summed E-state index contributed by atoms with van der Waals surface area (Å²) >= 11 is 0. The summed E-state index contributed by atoms with van der Waals surface area (Å²) < 4.78 is 51.7. The second-order valence-corrected chi connectivity index (χ2v) is 3.96. The van der Waals surface area contributed by atoms with Crippen LogP contribution in [0.15, 0.2) is 42.5 Å². The van der Waals surface area contributed by atoms with Gasteiger partial charge < -0.3 is 0 Å². The first-order valence-electron chi connectivity index (χ1n) is 5.41. The molecule has 0 amide bonds. The number of benzene rings is 2. The number of rotatable bonds is 2. The second kappa shape index (κ2) is 4.92. The monoisotopic (exact) mass is 285 g/mol. The maximum atomic E-state index is 13.0. The molecule has 0 aliphatic rings. The molecule has 2 aromatic carbocycles. The lowest BCUT2D eigenvalue weighted by Crippen LogP contribution is -2.07. The molecule has 104 valence electrons. The molecule has 2 aromatic rings. The van der Waals surface area contributed by atoms with Gasteiger partial charge in [-0.25, -0.2) is 4.39 Å². The molecule has 0 atom stereocenters. The maximum absolute atomic E-state index is 13.0. The number of nitro benzene ring substituents is 1. The predicted molar refractivity (Wildman–Crippen MR) is 63.5 cm³/mol. The first kappa shape index (κ1) is 14.0. The Bertz CT molecular complexity index is 668. The van der Waals surface area contributed by atoms with Crippen molar-refractivity contribution >= 4 is 5.69 Å². The molecular weight excluding hydrogens is 278 g/mol. The van der Waals surface area contributed by atoms with Crippen molar-refractivity contribution in [3.63, 3.8) is 0 Å². The van der Waals surface area contributed by atoms with Gasteiger partial charge in [-0.15, -0.1) is 0 Å². The second-order valence-electron chi connectivity index (χ2n) is 3.96. The molecule has 0 heterocycles. The van der Waals surface area contributed by atoms with Crippen LogP contribution in [0.4, 0.5) is 23.2 Å². The van der Waals surface area contributed by atoms with Crippen molar-refractivity contribution in [2.45, 2.75) is 6.18 Å². The van der Waals surface area contributed by atoms with Crippen molar-refractivity contribution in [3.05, 3.63) is 64.0 Å². The average molecular weight is 285 g/mol. The Hall–Kier alpha value is -2.44. The molecule has 0 radical (unpaired) electrons. The van der Waals surface area contributed by atoms with Crippen molar-refractivity contribution in [1.82, 2.24) is 0 Å². The molecule has 2 rings (SSSR count). The fourth-order valence-electron chi connectivity index (χ4n) is 1.85. The molecule has 20 heavy (non-hydrogen) atoms. The van der Waals surface area contributed by atoms with E-state index in [2.05, 4.69) is 0 Å². The molecule has 0 aromatic heterocycles. The Morgan fingerprint density at radius 1 is 1.00 bits per heavy atom. The molecule has 0 saturated heterocycles. The van der Waals surface area contributed by atoms with Gasteiger partial charge in [-0.1, -0.05) is 18.2 Å². The molecule has 0 unspecified atom stereocenters. The summed E-state index contributed by atoms with van der Waals surface area (Å²) in [7, 11) is 0. The number of halogens is 4. The van der Waals surface area contributed by atoms with Crippen LogP contribution in [0.1, 0.15) is 5.56 Å². The zero-order chi connectivity index (χ0) is 14.9. The average Bonchev–Trinajstić information content (AvgIpc) is 2.37. The normalized spacial score (nSPS) is 11.4. The molecule has 0 aliphatic heterocycles. The molecule has 0 bridgehead atoms. The lowest BCUT2D eigenvalue weighted by molar-refractivity contribution is -0.384. The van der Waals surface area contributed by atoms with E-state index in [9.17, 15) is 27.7 Å². The molecule has 0 saturated carbocycles. The highest BCUT2D eigenvalue weighted by molar-refractivity contribution is 5.76. The van der Waals surface area contributed by atoms with Crippen molar-refractivity contribution in [1.29, 1.82) is 0 Å². The van der Waals surface area contributed by atoms with Crippen LogP contribution in [0, 0.1) is 15.9 Å². The van der Waals surface area contributed by atoms with Gasteiger partial charge in [0.15, 0.2) is 0 Å². The maximum Gasteiger partial charge on any atom is 0.417 e. The largest absolute Gasteiger partial charge is 0.417 e. The third kappa shape index (κ3) is 2.61. The fraction of sp³-hybridized carbons (Fsp3) is 0.0769. The summed E-state index contributed by atoms with van der Waals surface area (Å²) in [4.78, 5) is 9.95. The smallest absolute Gasteiger partial charge is 0.258 e. The molecular formula is C13H7F4NO2. The molecule has 7 heteroatoms. The summed E-state index contributed by atoms with van der Waals surface area (Å²) in [5.74, 6) is -0.884. The SMILES string of the molecule is O=[N+]([O-])c1cc(F)ccc1-c1ccccc1C(F)(F)F. The van der Waals surface area contributed by atoms with Gasteiger partial charge in [0, 0.05) is 5.56 Å². The van der Waals surface area contributed by atoms with E-state index in [1.165, 1.54) is 12.1 Å². The van der Waals surface area contributed by atoms with Crippen LogP contribution in [0.25, 0.3) is 11.1 Å². The number of hydrogen-bond donors (Lipinski definition) is 0. The van der Waals surface area contributed by atoms with Crippen molar-refractivity contribution in [3.8, 4) is 11.1 Å². The lowest BCUT2D eigenvalue weighted by Gasteiger charge is -2.12. The highest BCUT2D eigenvalue weighted by Gasteiger charge is 2.34. The first-order chi connectivity index (χ1) is 9.30. The van der Waals surface area contributed by atoms with Gasteiger partial charge in [-0.05, 0) is 18.2 Å². The number of hydrogen-bond acceptors (Lipinski definition) is 2. The van der Waals surface area contributed by atoms with Gasteiger partial charge in [-0.3, -0.25) is 10.1 Å². The van der Waals surface area contributed by atoms with E-state index in [4.69, 9.17) is 0 Å². The quantitative estimate of drug-likeness (QED) is 0.465. The topological polar surface area (TPSA) is 43.1 Å². The van der Waals surface area contributed by atoms with E-state index in [0.717, 1.165) is 24.3 Å². The molecule has 0 aliphatic carbocycles. The number of alkyl halides is 3. The van der Waals surface area contributed by atoms with Crippen LogP contribution in [0.5, 0.6) is 0 Å². The zero-order valence-electron chi connectivity index (χ0n) is 9.82. The van der Waals surface area contributed by atoms with Crippen LogP contribution in [-0.4, -0.2) is 4.92 Å². The third-order valence-corrected chi connectivity index (χ3v) is 2.68. The lowest BCUT2D eigenvalue weighted by atomic mass is 9.98.